The van der Waals surface area contributed by atoms with E-state index in [0.29, 0.717) is 24.3 Å². The Bertz CT molecular complexity index is 439. The first-order chi connectivity index (χ1) is 9.58. The molecule has 0 radical (unpaired) electrons. The first kappa shape index (κ1) is 16.9. The molecule has 0 bridgehead atoms. The van der Waals surface area contributed by atoms with Crippen molar-refractivity contribution in [1.82, 2.24) is 5.32 Å². The summed E-state index contributed by atoms with van der Waals surface area (Å²) in [6.07, 6.45) is 0.845. The van der Waals surface area contributed by atoms with E-state index in [2.05, 4.69) is 30.6 Å². The van der Waals surface area contributed by atoms with Crippen LogP contribution in [0.4, 0.5) is 0 Å². The molecule has 20 heavy (non-hydrogen) atoms. The maximum atomic E-state index is 12.1. The fraction of sp³-hybridized carbons (Fsp3) is 0.429. The lowest BCUT2D eigenvalue weighted by Crippen LogP contribution is -2.44. The highest BCUT2D eigenvalue weighted by molar-refractivity contribution is 7.80. The number of hydrogen-bond donors (Lipinski definition) is 4. The zero-order valence-corrected chi connectivity index (χ0v) is 12.8. The third-order valence-corrected chi connectivity index (χ3v) is 3.65. The predicted octanol–water partition coefficient (Wildman–Crippen LogP) is 1.66. The van der Waals surface area contributed by atoms with Crippen molar-refractivity contribution in [3.05, 3.63) is 35.9 Å². The third kappa shape index (κ3) is 5.46. The zero-order valence-electron chi connectivity index (χ0n) is 11.0. The zero-order chi connectivity index (χ0) is 15.0. The molecule has 0 fully saturated rings. The fourth-order valence-corrected chi connectivity index (χ4v) is 2.37. The molecule has 0 spiro atoms. The molecule has 6 heteroatoms. The summed E-state index contributed by atoms with van der Waals surface area (Å²) in [6, 6.07) is 8.70. The summed E-state index contributed by atoms with van der Waals surface area (Å²) in [6.45, 7) is 0. The summed E-state index contributed by atoms with van der Waals surface area (Å²) in [5.41, 5.74) is 1.03. The highest BCUT2D eigenvalue weighted by atomic mass is 32.1. The largest absolute Gasteiger partial charge is 0.480 e. The van der Waals surface area contributed by atoms with Gasteiger partial charge < -0.3 is 10.4 Å². The Kier molecular flexibility index (Phi) is 7.54. The van der Waals surface area contributed by atoms with Crippen molar-refractivity contribution in [3.8, 4) is 0 Å². The second-order valence-electron chi connectivity index (χ2n) is 4.48. The molecule has 0 unspecified atom stereocenters. The number of amides is 1. The van der Waals surface area contributed by atoms with Gasteiger partial charge in [-0.2, -0.15) is 25.3 Å². The summed E-state index contributed by atoms with van der Waals surface area (Å²) in [5, 5.41) is 11.6. The number of carboxylic acids is 1. The number of carboxylic acid groups (broad SMARTS) is 1. The van der Waals surface area contributed by atoms with Gasteiger partial charge in [0.15, 0.2) is 0 Å². The summed E-state index contributed by atoms with van der Waals surface area (Å²) >= 11 is 8.19. The lowest BCUT2D eigenvalue weighted by molar-refractivity contribution is -0.142. The lowest BCUT2D eigenvalue weighted by atomic mass is 9.99. The number of hydrogen-bond acceptors (Lipinski definition) is 4. The standard InChI is InChI=1S/C14H19NO3S2/c16-13(15-12(6-7-19)14(17)18)11(9-20)8-10-4-2-1-3-5-10/h1-5,11-12,19-20H,6-9H2,(H,15,16)(H,17,18)/t11-,12+/m1/s1. The quantitative estimate of drug-likeness (QED) is 0.552. The van der Waals surface area contributed by atoms with Crippen molar-refractivity contribution in [1.29, 1.82) is 0 Å². The van der Waals surface area contributed by atoms with E-state index in [4.69, 9.17) is 5.11 Å². The summed E-state index contributed by atoms with van der Waals surface area (Å²) in [5.74, 6) is -0.888. The molecule has 1 aromatic carbocycles. The van der Waals surface area contributed by atoms with E-state index in [1.807, 2.05) is 30.3 Å². The Morgan fingerprint density at radius 2 is 1.85 bits per heavy atom. The van der Waals surface area contributed by atoms with Crippen LogP contribution in [0.5, 0.6) is 0 Å². The summed E-state index contributed by atoms with van der Waals surface area (Å²) in [7, 11) is 0. The van der Waals surface area contributed by atoms with E-state index in [1.54, 1.807) is 0 Å². The van der Waals surface area contributed by atoms with Crippen molar-refractivity contribution < 1.29 is 14.7 Å². The van der Waals surface area contributed by atoms with E-state index in [-0.39, 0.29) is 11.8 Å². The first-order valence-electron chi connectivity index (χ1n) is 6.37. The molecule has 0 aliphatic rings. The Hall–Kier alpha value is -1.14. The summed E-state index contributed by atoms with van der Waals surface area (Å²) < 4.78 is 0. The molecule has 0 aromatic heterocycles. The first-order valence-corrected chi connectivity index (χ1v) is 7.63. The number of carbonyl (C=O) groups excluding carboxylic acids is 1. The maximum absolute atomic E-state index is 12.1. The van der Waals surface area contributed by atoms with E-state index in [1.165, 1.54) is 0 Å². The van der Waals surface area contributed by atoms with Gasteiger partial charge in [-0.3, -0.25) is 4.79 Å². The highest BCUT2D eigenvalue weighted by Gasteiger charge is 2.24. The number of thiol groups is 2. The van der Waals surface area contributed by atoms with Gasteiger partial charge in [-0.25, -0.2) is 4.79 Å². The van der Waals surface area contributed by atoms with Crippen LogP contribution < -0.4 is 5.32 Å². The van der Waals surface area contributed by atoms with Crippen LogP contribution in [0, 0.1) is 5.92 Å². The molecule has 0 saturated heterocycles. The Morgan fingerprint density at radius 1 is 1.20 bits per heavy atom. The molecule has 1 aromatic rings. The Morgan fingerprint density at radius 3 is 2.35 bits per heavy atom. The van der Waals surface area contributed by atoms with Crippen LogP contribution in [0.25, 0.3) is 0 Å². The monoisotopic (exact) mass is 313 g/mol. The average Bonchev–Trinajstić information content (AvgIpc) is 2.45. The number of aliphatic carboxylic acids is 1. The molecule has 2 atom stereocenters. The van der Waals surface area contributed by atoms with Crippen LogP contribution in [0.2, 0.25) is 0 Å². The molecule has 0 saturated carbocycles. The predicted molar refractivity (Wildman–Crippen MR) is 85.5 cm³/mol. The van der Waals surface area contributed by atoms with Gasteiger partial charge in [0.2, 0.25) is 5.91 Å². The molecule has 0 aliphatic heterocycles. The molecule has 1 amide bonds. The van der Waals surface area contributed by atoms with Crippen molar-refractivity contribution in [3.63, 3.8) is 0 Å². The van der Waals surface area contributed by atoms with Gasteiger partial charge in [0.1, 0.15) is 6.04 Å². The van der Waals surface area contributed by atoms with Gasteiger partial charge in [0.25, 0.3) is 0 Å². The van der Waals surface area contributed by atoms with Gasteiger partial charge in [0.05, 0.1) is 5.92 Å². The molecule has 0 aliphatic carbocycles. The number of nitrogens with one attached hydrogen (secondary N) is 1. The Balaban J connectivity index is 2.64. The summed E-state index contributed by atoms with van der Waals surface area (Å²) in [4.78, 5) is 23.1. The smallest absolute Gasteiger partial charge is 0.326 e. The van der Waals surface area contributed by atoms with Crippen molar-refractivity contribution in [2.45, 2.75) is 18.9 Å². The molecular formula is C14H19NO3S2. The molecule has 2 N–H and O–H groups in total. The van der Waals surface area contributed by atoms with Gasteiger partial charge in [-0.15, -0.1) is 0 Å². The van der Waals surface area contributed by atoms with Crippen LogP contribution in [0.1, 0.15) is 12.0 Å². The topological polar surface area (TPSA) is 66.4 Å². The van der Waals surface area contributed by atoms with Crippen LogP contribution in [-0.4, -0.2) is 34.5 Å². The molecule has 0 heterocycles. The molecule has 4 nitrogen and oxygen atoms in total. The fourth-order valence-electron chi connectivity index (χ4n) is 1.81. The lowest BCUT2D eigenvalue weighted by Gasteiger charge is -2.18. The van der Waals surface area contributed by atoms with Crippen molar-refractivity contribution in [2.24, 2.45) is 5.92 Å². The maximum Gasteiger partial charge on any atom is 0.326 e. The minimum atomic E-state index is -1.04. The minimum absolute atomic E-state index is 0.280. The SMILES string of the molecule is O=C(N[C@@H](CCS)C(=O)O)[C@@H](CS)Cc1ccccc1. The van der Waals surface area contributed by atoms with Gasteiger partial charge in [0, 0.05) is 5.75 Å². The highest BCUT2D eigenvalue weighted by Crippen LogP contribution is 2.11. The molecule has 110 valence electrons. The van der Waals surface area contributed by atoms with Gasteiger partial charge in [-0.1, -0.05) is 30.3 Å². The van der Waals surface area contributed by atoms with Crippen LogP contribution in [0.3, 0.4) is 0 Å². The van der Waals surface area contributed by atoms with Gasteiger partial charge >= 0.3 is 5.97 Å². The Labute approximate surface area is 129 Å². The second-order valence-corrected chi connectivity index (χ2v) is 5.29. The second kappa shape index (κ2) is 8.92. The van der Waals surface area contributed by atoms with E-state index in [0.717, 1.165) is 5.56 Å². The molecule has 1 rings (SSSR count). The number of benzene rings is 1. The number of rotatable bonds is 8. The minimum Gasteiger partial charge on any atom is -0.480 e. The van der Waals surface area contributed by atoms with Crippen LogP contribution in [-0.2, 0) is 16.0 Å². The van der Waals surface area contributed by atoms with Crippen LogP contribution >= 0.6 is 25.3 Å². The van der Waals surface area contributed by atoms with E-state index < -0.39 is 12.0 Å². The average molecular weight is 313 g/mol. The normalized spacial score (nSPS) is 13.5. The third-order valence-electron chi connectivity index (χ3n) is 2.95. The molecular weight excluding hydrogens is 294 g/mol. The number of carbonyl (C=O) groups is 2. The van der Waals surface area contributed by atoms with Gasteiger partial charge in [-0.05, 0) is 24.2 Å². The van der Waals surface area contributed by atoms with E-state index >= 15 is 0 Å². The van der Waals surface area contributed by atoms with Crippen molar-refractivity contribution in [2.75, 3.05) is 11.5 Å². The van der Waals surface area contributed by atoms with Crippen molar-refractivity contribution >= 4 is 37.1 Å². The van der Waals surface area contributed by atoms with E-state index in [9.17, 15) is 9.59 Å². The van der Waals surface area contributed by atoms with Crippen LogP contribution in [0.15, 0.2) is 30.3 Å².